The van der Waals surface area contributed by atoms with Gasteiger partial charge in [-0.1, -0.05) is 0 Å². The van der Waals surface area contributed by atoms with E-state index in [1.54, 1.807) is 23.0 Å². The van der Waals surface area contributed by atoms with Gasteiger partial charge in [0.2, 0.25) is 5.78 Å². The molecule has 5 heteroatoms. The van der Waals surface area contributed by atoms with E-state index in [-0.39, 0.29) is 5.78 Å². The van der Waals surface area contributed by atoms with E-state index in [0.717, 1.165) is 0 Å². The number of carbonyl (C=O) groups excluding carboxylic acids is 1. The van der Waals surface area contributed by atoms with Crippen molar-refractivity contribution in [1.29, 1.82) is 0 Å². The van der Waals surface area contributed by atoms with E-state index in [4.69, 9.17) is 0 Å². The van der Waals surface area contributed by atoms with Gasteiger partial charge in [0.25, 0.3) is 0 Å². The van der Waals surface area contributed by atoms with Crippen LogP contribution in [-0.4, -0.2) is 15.3 Å². The number of aryl methyl sites for hydroxylation is 1. The summed E-state index contributed by atoms with van der Waals surface area (Å²) in [7, 11) is 0. The van der Waals surface area contributed by atoms with Crippen LogP contribution >= 0.6 is 15.9 Å². The van der Waals surface area contributed by atoms with Crippen LogP contribution in [0.3, 0.4) is 0 Å². The normalized spacial score (nSPS) is 10.5. The number of hydrogen-bond donors (Lipinski definition) is 0. The molecule has 0 saturated carbocycles. The molecule has 0 spiro atoms. The summed E-state index contributed by atoms with van der Waals surface area (Å²) in [6.07, 6.45) is 3.29. The average Bonchev–Trinajstić information content (AvgIpc) is 2.80. The van der Waals surface area contributed by atoms with Crippen molar-refractivity contribution in [3.63, 3.8) is 0 Å². The summed E-state index contributed by atoms with van der Waals surface area (Å²) in [5.41, 5.74) is 0.298. The first-order valence-corrected chi connectivity index (χ1v) is 5.93. The fraction of sp³-hybridized carbons (Fsp3) is 0.167. The molecule has 0 amide bonds. The van der Waals surface area contributed by atoms with Gasteiger partial charge in [0, 0.05) is 24.5 Å². The molecule has 0 atom stereocenters. The molecule has 0 unspecified atom stereocenters. The molecule has 3 nitrogen and oxygen atoms in total. The first-order valence-electron chi connectivity index (χ1n) is 5.14. The van der Waals surface area contributed by atoms with Crippen molar-refractivity contribution in [2.45, 2.75) is 13.5 Å². The number of nitrogens with zero attached hydrogens (tertiary/aromatic N) is 2. The van der Waals surface area contributed by atoms with Gasteiger partial charge in [0.1, 0.15) is 5.82 Å². The van der Waals surface area contributed by atoms with E-state index in [1.165, 1.54) is 12.1 Å². The minimum atomic E-state index is -0.453. The second kappa shape index (κ2) is 4.79. The van der Waals surface area contributed by atoms with Crippen LogP contribution < -0.4 is 0 Å². The lowest BCUT2D eigenvalue weighted by atomic mass is 10.1. The molecule has 17 heavy (non-hydrogen) atoms. The highest BCUT2D eigenvalue weighted by Gasteiger charge is 2.15. The van der Waals surface area contributed by atoms with E-state index in [2.05, 4.69) is 20.9 Å². The fourth-order valence-electron chi connectivity index (χ4n) is 1.54. The molecule has 0 N–H and O–H groups in total. The summed E-state index contributed by atoms with van der Waals surface area (Å²) in [5, 5.41) is 0. The Morgan fingerprint density at radius 2 is 2.29 bits per heavy atom. The molecule has 0 fully saturated rings. The molecule has 0 bridgehead atoms. The Labute approximate surface area is 106 Å². The molecule has 0 radical (unpaired) electrons. The standard InChI is InChI=1S/C12H10BrFN2O/c1-2-16-6-5-15-12(16)11(17)8-3-4-9(13)10(14)7-8/h3-7H,2H2,1H3. The molecular weight excluding hydrogens is 287 g/mol. The Hall–Kier alpha value is -1.49. The molecule has 2 rings (SSSR count). The van der Waals surface area contributed by atoms with Crippen LogP contribution in [-0.2, 0) is 6.54 Å². The molecule has 0 aliphatic heterocycles. The number of rotatable bonds is 3. The lowest BCUT2D eigenvalue weighted by Crippen LogP contribution is -2.10. The number of aromatic nitrogens is 2. The Morgan fingerprint density at radius 1 is 1.53 bits per heavy atom. The molecule has 1 heterocycles. The smallest absolute Gasteiger partial charge is 0.228 e. The summed E-state index contributed by atoms with van der Waals surface area (Å²) >= 11 is 3.05. The molecule has 0 saturated heterocycles. The third-order valence-electron chi connectivity index (χ3n) is 2.44. The topological polar surface area (TPSA) is 34.9 Å². The number of ketones is 1. The molecule has 1 aromatic carbocycles. The number of carbonyl (C=O) groups is 1. The first-order chi connectivity index (χ1) is 8.13. The Kier molecular flexibility index (Phi) is 3.38. The minimum absolute atomic E-state index is 0.275. The predicted octanol–water partition coefficient (Wildman–Crippen LogP) is 3.04. The summed E-state index contributed by atoms with van der Waals surface area (Å²) in [4.78, 5) is 16.1. The van der Waals surface area contributed by atoms with Crippen LogP contribution in [0.1, 0.15) is 23.1 Å². The highest BCUT2D eigenvalue weighted by molar-refractivity contribution is 9.10. The lowest BCUT2D eigenvalue weighted by molar-refractivity contribution is 0.102. The SMILES string of the molecule is CCn1ccnc1C(=O)c1ccc(Br)c(F)c1. The average molecular weight is 297 g/mol. The van der Waals surface area contributed by atoms with Crippen molar-refractivity contribution < 1.29 is 9.18 Å². The first kappa shape index (κ1) is 12.0. The highest BCUT2D eigenvalue weighted by Crippen LogP contribution is 2.18. The van der Waals surface area contributed by atoms with E-state index < -0.39 is 5.82 Å². The molecule has 88 valence electrons. The van der Waals surface area contributed by atoms with Crippen LogP contribution in [0.2, 0.25) is 0 Å². The van der Waals surface area contributed by atoms with E-state index in [1.807, 2.05) is 6.92 Å². The van der Waals surface area contributed by atoms with Gasteiger partial charge in [-0.2, -0.15) is 0 Å². The van der Waals surface area contributed by atoms with Crippen LogP contribution in [0.5, 0.6) is 0 Å². The monoisotopic (exact) mass is 296 g/mol. The summed E-state index contributed by atoms with van der Waals surface area (Å²) in [5.74, 6) is -0.400. The highest BCUT2D eigenvalue weighted by atomic mass is 79.9. The molecule has 0 aliphatic rings. The van der Waals surface area contributed by atoms with Gasteiger partial charge in [-0.15, -0.1) is 0 Å². The van der Waals surface area contributed by atoms with Gasteiger partial charge in [-0.25, -0.2) is 9.37 Å². The number of imidazole rings is 1. The molecule has 2 aromatic rings. The van der Waals surface area contributed by atoms with Gasteiger partial charge in [0.15, 0.2) is 5.82 Å². The van der Waals surface area contributed by atoms with E-state index in [9.17, 15) is 9.18 Å². The molecular formula is C12H10BrFN2O. The van der Waals surface area contributed by atoms with Gasteiger partial charge in [0.05, 0.1) is 4.47 Å². The zero-order valence-electron chi connectivity index (χ0n) is 9.15. The van der Waals surface area contributed by atoms with Crippen molar-refractivity contribution in [3.8, 4) is 0 Å². The van der Waals surface area contributed by atoms with Crippen LogP contribution in [0.15, 0.2) is 35.1 Å². The van der Waals surface area contributed by atoms with Crippen LogP contribution in [0.4, 0.5) is 4.39 Å². The van der Waals surface area contributed by atoms with Crippen LogP contribution in [0, 0.1) is 5.82 Å². The second-order valence-electron chi connectivity index (χ2n) is 3.49. The van der Waals surface area contributed by atoms with Crippen molar-refractivity contribution >= 4 is 21.7 Å². The Morgan fingerprint density at radius 3 is 2.94 bits per heavy atom. The number of benzene rings is 1. The maximum absolute atomic E-state index is 13.3. The largest absolute Gasteiger partial charge is 0.328 e. The molecule has 0 aliphatic carbocycles. The Bertz CT molecular complexity index is 565. The fourth-order valence-corrected chi connectivity index (χ4v) is 1.79. The van der Waals surface area contributed by atoms with Crippen molar-refractivity contribution in [1.82, 2.24) is 9.55 Å². The zero-order chi connectivity index (χ0) is 12.4. The lowest BCUT2D eigenvalue weighted by Gasteiger charge is -2.04. The summed E-state index contributed by atoms with van der Waals surface area (Å²) in [6.45, 7) is 2.57. The maximum Gasteiger partial charge on any atom is 0.228 e. The van der Waals surface area contributed by atoms with Crippen LogP contribution in [0.25, 0.3) is 0 Å². The summed E-state index contributed by atoms with van der Waals surface area (Å²) in [6, 6.07) is 4.30. The van der Waals surface area contributed by atoms with Gasteiger partial charge in [-0.05, 0) is 41.1 Å². The zero-order valence-corrected chi connectivity index (χ0v) is 10.7. The quantitative estimate of drug-likeness (QED) is 0.816. The maximum atomic E-state index is 13.3. The minimum Gasteiger partial charge on any atom is -0.328 e. The third kappa shape index (κ3) is 2.29. The van der Waals surface area contributed by atoms with Gasteiger partial charge in [-0.3, -0.25) is 4.79 Å². The Balaban J connectivity index is 2.40. The van der Waals surface area contributed by atoms with Crippen molar-refractivity contribution in [3.05, 3.63) is 52.3 Å². The second-order valence-corrected chi connectivity index (χ2v) is 4.35. The molecule has 1 aromatic heterocycles. The van der Waals surface area contributed by atoms with E-state index in [0.29, 0.717) is 22.4 Å². The predicted molar refractivity (Wildman–Crippen MR) is 65.4 cm³/mol. The van der Waals surface area contributed by atoms with Gasteiger partial charge >= 0.3 is 0 Å². The number of hydrogen-bond acceptors (Lipinski definition) is 2. The van der Waals surface area contributed by atoms with E-state index >= 15 is 0 Å². The third-order valence-corrected chi connectivity index (χ3v) is 3.08. The van der Waals surface area contributed by atoms with Crippen molar-refractivity contribution in [2.75, 3.05) is 0 Å². The van der Waals surface area contributed by atoms with Gasteiger partial charge < -0.3 is 4.57 Å². The summed E-state index contributed by atoms with van der Waals surface area (Å²) < 4.78 is 15.4. The van der Waals surface area contributed by atoms with Crippen molar-refractivity contribution in [2.24, 2.45) is 0 Å². The number of halogens is 2.